The van der Waals surface area contributed by atoms with E-state index < -0.39 is 21.5 Å². The molecule has 0 spiro atoms. The van der Waals surface area contributed by atoms with Crippen LogP contribution in [0.15, 0.2) is 34.2 Å². The standard InChI is InChI=1S/C14H17N3O4S/c1-3-9(2)6-13(18)17-22(20,21)10-4-5-12-11(7-10)14(19)16-8-15-12/h4-5,7-9H,3,6H2,1-2H3,(H,17,18)(H,15,16,19). The molecule has 0 aliphatic heterocycles. The van der Waals surface area contributed by atoms with Gasteiger partial charge in [-0.2, -0.15) is 0 Å². The summed E-state index contributed by atoms with van der Waals surface area (Å²) in [6, 6.07) is 3.95. The minimum atomic E-state index is -4.00. The van der Waals surface area contributed by atoms with Crippen LogP contribution in [0.25, 0.3) is 10.9 Å². The number of H-pyrrole nitrogens is 1. The van der Waals surface area contributed by atoms with E-state index in [2.05, 4.69) is 9.97 Å². The molecule has 0 bridgehead atoms. The number of nitrogens with zero attached hydrogens (tertiary/aromatic N) is 1. The van der Waals surface area contributed by atoms with E-state index in [1.54, 1.807) is 0 Å². The van der Waals surface area contributed by atoms with Gasteiger partial charge in [-0.25, -0.2) is 18.1 Å². The van der Waals surface area contributed by atoms with E-state index in [-0.39, 0.29) is 22.6 Å². The quantitative estimate of drug-likeness (QED) is 0.858. The molecule has 1 amide bonds. The van der Waals surface area contributed by atoms with Crippen molar-refractivity contribution in [2.45, 2.75) is 31.6 Å². The molecule has 1 aromatic carbocycles. The number of benzene rings is 1. The Kier molecular flexibility index (Phi) is 4.60. The molecule has 0 aliphatic rings. The molecule has 118 valence electrons. The number of nitrogens with one attached hydrogen (secondary N) is 2. The predicted molar refractivity (Wildman–Crippen MR) is 81.8 cm³/mol. The van der Waals surface area contributed by atoms with Crippen molar-refractivity contribution in [1.29, 1.82) is 0 Å². The molecule has 1 aromatic heterocycles. The van der Waals surface area contributed by atoms with Crippen molar-refractivity contribution in [2.75, 3.05) is 0 Å². The van der Waals surface area contributed by atoms with Gasteiger partial charge in [0.15, 0.2) is 0 Å². The Hall–Kier alpha value is -2.22. The Morgan fingerprint density at radius 1 is 1.41 bits per heavy atom. The molecule has 1 heterocycles. The van der Waals surface area contributed by atoms with E-state index in [0.717, 1.165) is 6.42 Å². The molecule has 2 rings (SSSR count). The van der Waals surface area contributed by atoms with E-state index in [0.29, 0.717) is 5.52 Å². The number of sulfonamides is 1. The number of rotatable bonds is 5. The first-order valence-electron chi connectivity index (χ1n) is 6.86. The normalized spacial score (nSPS) is 13.0. The van der Waals surface area contributed by atoms with Crippen LogP contribution in [-0.2, 0) is 14.8 Å². The van der Waals surface area contributed by atoms with Crippen LogP contribution in [0.5, 0.6) is 0 Å². The van der Waals surface area contributed by atoms with Crippen LogP contribution in [0.1, 0.15) is 26.7 Å². The lowest BCUT2D eigenvalue weighted by Gasteiger charge is -2.10. The molecular weight excluding hydrogens is 306 g/mol. The maximum Gasteiger partial charge on any atom is 0.264 e. The molecule has 0 fully saturated rings. The summed E-state index contributed by atoms with van der Waals surface area (Å²) in [7, 11) is -4.00. The van der Waals surface area contributed by atoms with Gasteiger partial charge < -0.3 is 4.98 Å². The van der Waals surface area contributed by atoms with Crippen LogP contribution in [0.4, 0.5) is 0 Å². The lowest BCUT2D eigenvalue weighted by Crippen LogP contribution is -2.31. The average molecular weight is 323 g/mol. The molecule has 2 aromatic rings. The van der Waals surface area contributed by atoms with Gasteiger partial charge in [-0.3, -0.25) is 9.59 Å². The van der Waals surface area contributed by atoms with Crippen molar-refractivity contribution in [1.82, 2.24) is 14.7 Å². The van der Waals surface area contributed by atoms with Gasteiger partial charge in [-0.1, -0.05) is 20.3 Å². The molecule has 1 atom stereocenters. The molecule has 7 nitrogen and oxygen atoms in total. The summed E-state index contributed by atoms with van der Waals surface area (Å²) in [5.41, 5.74) is -0.0541. The molecule has 0 saturated carbocycles. The zero-order valence-electron chi connectivity index (χ0n) is 12.3. The van der Waals surface area contributed by atoms with E-state index in [1.165, 1.54) is 24.5 Å². The van der Waals surface area contributed by atoms with Crippen molar-refractivity contribution in [3.8, 4) is 0 Å². The summed E-state index contributed by atoms with van der Waals surface area (Å²) in [4.78, 5) is 29.6. The molecule has 1 unspecified atom stereocenters. The van der Waals surface area contributed by atoms with Crippen LogP contribution in [0.2, 0.25) is 0 Å². The Balaban J connectivity index is 2.32. The summed E-state index contributed by atoms with van der Waals surface area (Å²) < 4.78 is 26.4. The molecule has 8 heteroatoms. The number of aromatic amines is 1. The number of hydrogen-bond donors (Lipinski definition) is 2. The number of fused-ring (bicyclic) bond motifs is 1. The lowest BCUT2D eigenvalue weighted by atomic mass is 10.1. The number of hydrogen-bond acceptors (Lipinski definition) is 5. The average Bonchev–Trinajstić information content (AvgIpc) is 2.46. The van der Waals surface area contributed by atoms with Crippen LogP contribution in [0, 0.1) is 5.92 Å². The molecular formula is C14H17N3O4S. The van der Waals surface area contributed by atoms with Gasteiger partial charge in [0.2, 0.25) is 5.91 Å². The van der Waals surface area contributed by atoms with Crippen molar-refractivity contribution in [2.24, 2.45) is 5.92 Å². The highest BCUT2D eigenvalue weighted by Crippen LogP contribution is 2.15. The van der Waals surface area contributed by atoms with Crippen LogP contribution in [0.3, 0.4) is 0 Å². The van der Waals surface area contributed by atoms with E-state index in [1.807, 2.05) is 18.6 Å². The Morgan fingerprint density at radius 2 is 2.14 bits per heavy atom. The van der Waals surface area contributed by atoms with Gasteiger partial charge in [0.25, 0.3) is 15.6 Å². The maximum atomic E-state index is 12.2. The molecule has 22 heavy (non-hydrogen) atoms. The molecule has 0 aliphatic carbocycles. The highest BCUT2D eigenvalue weighted by atomic mass is 32.2. The summed E-state index contributed by atoms with van der Waals surface area (Å²) in [6.07, 6.45) is 2.16. The van der Waals surface area contributed by atoms with Gasteiger partial charge >= 0.3 is 0 Å². The SMILES string of the molecule is CCC(C)CC(=O)NS(=O)(=O)c1ccc2nc[nH]c(=O)c2c1. The molecule has 0 saturated heterocycles. The second-order valence-corrected chi connectivity index (χ2v) is 6.84. The molecule has 2 N–H and O–H groups in total. The number of amides is 1. The third-order valence-corrected chi connectivity index (χ3v) is 4.77. The fourth-order valence-corrected chi connectivity index (χ4v) is 2.95. The van der Waals surface area contributed by atoms with Crippen molar-refractivity contribution in [3.05, 3.63) is 34.9 Å². The van der Waals surface area contributed by atoms with Crippen LogP contribution in [-0.4, -0.2) is 24.3 Å². The highest BCUT2D eigenvalue weighted by Gasteiger charge is 2.19. The largest absolute Gasteiger partial charge is 0.313 e. The Morgan fingerprint density at radius 3 is 2.82 bits per heavy atom. The smallest absolute Gasteiger partial charge is 0.264 e. The van der Waals surface area contributed by atoms with Crippen LogP contribution < -0.4 is 10.3 Å². The number of aromatic nitrogens is 2. The van der Waals surface area contributed by atoms with Crippen molar-refractivity contribution >= 4 is 26.8 Å². The number of carbonyl (C=O) groups is 1. The van der Waals surface area contributed by atoms with Gasteiger partial charge in [-0.15, -0.1) is 0 Å². The highest BCUT2D eigenvalue weighted by molar-refractivity contribution is 7.90. The first-order valence-corrected chi connectivity index (χ1v) is 8.35. The van der Waals surface area contributed by atoms with Gasteiger partial charge in [-0.05, 0) is 24.1 Å². The fourth-order valence-electron chi connectivity index (χ4n) is 1.93. The predicted octanol–water partition coefficient (Wildman–Crippen LogP) is 1.16. The Labute approximate surface area is 127 Å². The van der Waals surface area contributed by atoms with Crippen molar-refractivity contribution in [3.63, 3.8) is 0 Å². The minimum Gasteiger partial charge on any atom is -0.313 e. The fraction of sp³-hybridized carbons (Fsp3) is 0.357. The summed E-state index contributed by atoms with van der Waals surface area (Å²) in [6.45, 7) is 3.79. The third-order valence-electron chi connectivity index (χ3n) is 3.40. The maximum absolute atomic E-state index is 12.2. The monoisotopic (exact) mass is 323 g/mol. The zero-order chi connectivity index (χ0) is 16.3. The van der Waals surface area contributed by atoms with Crippen molar-refractivity contribution < 1.29 is 13.2 Å². The summed E-state index contributed by atoms with van der Waals surface area (Å²) >= 11 is 0. The second-order valence-electron chi connectivity index (χ2n) is 5.16. The van der Waals surface area contributed by atoms with Crippen LogP contribution >= 0.6 is 0 Å². The van der Waals surface area contributed by atoms with E-state index in [9.17, 15) is 18.0 Å². The summed E-state index contributed by atoms with van der Waals surface area (Å²) in [5, 5.41) is 0.153. The zero-order valence-corrected chi connectivity index (χ0v) is 13.1. The number of carbonyl (C=O) groups excluding carboxylic acids is 1. The van der Waals surface area contributed by atoms with Gasteiger partial charge in [0.05, 0.1) is 22.1 Å². The first kappa shape index (κ1) is 16.2. The topological polar surface area (TPSA) is 109 Å². The molecule has 0 radical (unpaired) electrons. The Bertz CT molecular complexity index is 858. The summed E-state index contributed by atoms with van der Waals surface area (Å²) in [5.74, 6) is -0.464. The van der Waals surface area contributed by atoms with Gasteiger partial charge in [0.1, 0.15) is 0 Å². The van der Waals surface area contributed by atoms with E-state index in [4.69, 9.17) is 0 Å². The second kappa shape index (κ2) is 6.27. The van der Waals surface area contributed by atoms with Gasteiger partial charge in [0, 0.05) is 6.42 Å². The third kappa shape index (κ3) is 3.51. The van der Waals surface area contributed by atoms with E-state index >= 15 is 0 Å². The minimum absolute atomic E-state index is 0.0962. The lowest BCUT2D eigenvalue weighted by molar-refractivity contribution is -0.120. The first-order chi connectivity index (χ1) is 10.3.